The molecule has 1 atom stereocenters. The fourth-order valence-electron chi connectivity index (χ4n) is 2.33. The van der Waals surface area contributed by atoms with Gasteiger partial charge in [0.25, 0.3) is 0 Å². The van der Waals surface area contributed by atoms with Crippen LogP contribution in [0.25, 0.3) is 0 Å². The minimum absolute atomic E-state index is 0.0264. The lowest BCUT2D eigenvalue weighted by Crippen LogP contribution is -2.45. The van der Waals surface area contributed by atoms with Crippen LogP contribution in [0.4, 0.5) is 4.39 Å². The van der Waals surface area contributed by atoms with Crippen molar-refractivity contribution in [3.8, 4) is 5.75 Å². The predicted octanol–water partition coefficient (Wildman–Crippen LogP) is 1.51. The molecule has 0 bridgehead atoms. The molecule has 1 unspecified atom stereocenters. The minimum atomic E-state index is -0.855. The highest BCUT2D eigenvalue weighted by molar-refractivity contribution is 5.67. The molecule has 5 nitrogen and oxygen atoms in total. The molecule has 6 heteroatoms. The molecule has 0 amide bonds. The van der Waals surface area contributed by atoms with Crippen LogP contribution < -0.4 is 4.74 Å². The molecule has 1 fully saturated rings. The van der Waals surface area contributed by atoms with E-state index in [0.29, 0.717) is 26.3 Å². The van der Waals surface area contributed by atoms with Crippen LogP contribution in [0.3, 0.4) is 0 Å². The molecule has 1 saturated heterocycles. The van der Waals surface area contributed by atoms with Gasteiger partial charge in [-0.25, -0.2) is 4.39 Å². The lowest BCUT2D eigenvalue weighted by atomic mass is 10.1. The van der Waals surface area contributed by atoms with Gasteiger partial charge in [-0.2, -0.15) is 0 Å². The Morgan fingerprint density at radius 1 is 1.60 bits per heavy atom. The molecule has 0 aliphatic carbocycles. The first kappa shape index (κ1) is 14.7. The van der Waals surface area contributed by atoms with Gasteiger partial charge in [-0.3, -0.25) is 9.69 Å². The van der Waals surface area contributed by atoms with Gasteiger partial charge >= 0.3 is 5.97 Å². The highest BCUT2D eigenvalue weighted by Gasteiger charge is 2.25. The van der Waals surface area contributed by atoms with Crippen molar-refractivity contribution in [3.63, 3.8) is 0 Å². The second-order valence-corrected chi connectivity index (χ2v) is 4.77. The second kappa shape index (κ2) is 6.67. The normalized spacial score (nSPS) is 19.8. The Balaban J connectivity index is 2.06. The quantitative estimate of drug-likeness (QED) is 0.887. The molecule has 0 aromatic heterocycles. The Labute approximate surface area is 116 Å². The van der Waals surface area contributed by atoms with Crippen LogP contribution in [-0.4, -0.2) is 48.9 Å². The number of rotatable bonds is 5. The Kier molecular flexibility index (Phi) is 4.92. The smallest absolute Gasteiger partial charge is 0.305 e. The van der Waals surface area contributed by atoms with Crippen LogP contribution in [-0.2, 0) is 16.1 Å². The highest BCUT2D eigenvalue weighted by atomic mass is 19.1. The van der Waals surface area contributed by atoms with Gasteiger partial charge < -0.3 is 14.6 Å². The summed E-state index contributed by atoms with van der Waals surface area (Å²) < 4.78 is 23.8. The van der Waals surface area contributed by atoms with Crippen molar-refractivity contribution < 1.29 is 23.8 Å². The van der Waals surface area contributed by atoms with E-state index < -0.39 is 11.8 Å². The van der Waals surface area contributed by atoms with Crippen LogP contribution in [0, 0.1) is 5.82 Å². The van der Waals surface area contributed by atoms with Gasteiger partial charge in [0.15, 0.2) is 11.6 Å². The highest BCUT2D eigenvalue weighted by Crippen LogP contribution is 2.20. The van der Waals surface area contributed by atoms with Crippen LogP contribution in [0.2, 0.25) is 0 Å². The average Bonchev–Trinajstić information content (AvgIpc) is 2.41. The zero-order valence-corrected chi connectivity index (χ0v) is 11.3. The summed E-state index contributed by atoms with van der Waals surface area (Å²) in [6.07, 6.45) is 0.0264. The van der Waals surface area contributed by atoms with Crippen molar-refractivity contribution in [1.29, 1.82) is 0 Å². The molecule has 1 heterocycles. The minimum Gasteiger partial charge on any atom is -0.494 e. The molecule has 1 N–H and O–H groups in total. The van der Waals surface area contributed by atoms with Crippen molar-refractivity contribution in [2.75, 3.05) is 26.9 Å². The molecule has 1 aliphatic rings. The number of methoxy groups -OCH3 is 1. The number of carbonyl (C=O) groups is 1. The first-order valence-corrected chi connectivity index (χ1v) is 6.46. The Morgan fingerprint density at radius 3 is 3.05 bits per heavy atom. The molecular weight excluding hydrogens is 265 g/mol. The first-order chi connectivity index (χ1) is 9.60. The molecule has 0 radical (unpaired) electrons. The number of hydrogen-bond acceptors (Lipinski definition) is 4. The summed E-state index contributed by atoms with van der Waals surface area (Å²) in [6.45, 7) is 2.10. The van der Waals surface area contributed by atoms with E-state index in [0.717, 1.165) is 5.56 Å². The molecular formula is C14H18FNO4. The standard InChI is InChI=1S/C14H18FNO4/c1-19-13-3-2-10(6-12(13)15)8-16-4-5-20-9-11(16)7-14(17)18/h2-3,6,11H,4-5,7-9H2,1H3,(H,17,18). The van der Waals surface area contributed by atoms with E-state index in [4.69, 9.17) is 14.6 Å². The fourth-order valence-corrected chi connectivity index (χ4v) is 2.33. The summed E-state index contributed by atoms with van der Waals surface area (Å²) >= 11 is 0. The zero-order chi connectivity index (χ0) is 14.5. The van der Waals surface area contributed by atoms with E-state index >= 15 is 0 Å². The maximum atomic E-state index is 13.6. The lowest BCUT2D eigenvalue weighted by molar-refractivity contribution is -0.140. The SMILES string of the molecule is COc1ccc(CN2CCOCC2CC(=O)O)cc1F. The summed E-state index contributed by atoms with van der Waals surface area (Å²) in [6, 6.07) is 4.62. The number of hydrogen-bond donors (Lipinski definition) is 1. The number of halogens is 1. The number of aliphatic carboxylic acids is 1. The molecule has 0 spiro atoms. The van der Waals surface area contributed by atoms with Crippen molar-refractivity contribution >= 4 is 5.97 Å². The maximum absolute atomic E-state index is 13.6. The van der Waals surface area contributed by atoms with Crippen molar-refractivity contribution in [2.45, 2.75) is 19.0 Å². The number of nitrogens with zero attached hydrogens (tertiary/aromatic N) is 1. The fraction of sp³-hybridized carbons (Fsp3) is 0.500. The number of morpholine rings is 1. The average molecular weight is 283 g/mol. The van der Waals surface area contributed by atoms with Gasteiger partial charge in [-0.05, 0) is 17.7 Å². The summed E-state index contributed by atoms with van der Waals surface area (Å²) in [4.78, 5) is 12.9. The third-order valence-electron chi connectivity index (χ3n) is 3.36. The van der Waals surface area contributed by atoms with Gasteiger partial charge in [0.2, 0.25) is 0 Å². The molecule has 2 rings (SSSR count). The maximum Gasteiger partial charge on any atom is 0.305 e. The van der Waals surface area contributed by atoms with Gasteiger partial charge in [-0.1, -0.05) is 6.07 Å². The molecule has 1 aromatic rings. The summed E-state index contributed by atoms with van der Waals surface area (Å²) in [5, 5.41) is 8.90. The Hall–Kier alpha value is -1.66. The Morgan fingerprint density at radius 2 is 2.40 bits per heavy atom. The zero-order valence-electron chi connectivity index (χ0n) is 11.3. The summed E-state index contributed by atoms with van der Waals surface area (Å²) in [5.74, 6) is -1.06. The predicted molar refractivity (Wildman–Crippen MR) is 70.2 cm³/mol. The van der Waals surface area contributed by atoms with E-state index in [1.165, 1.54) is 13.2 Å². The van der Waals surface area contributed by atoms with Crippen LogP contribution in [0.1, 0.15) is 12.0 Å². The van der Waals surface area contributed by atoms with E-state index in [9.17, 15) is 9.18 Å². The molecule has 1 aliphatic heterocycles. The largest absolute Gasteiger partial charge is 0.494 e. The summed E-state index contributed by atoms with van der Waals surface area (Å²) in [7, 11) is 1.42. The van der Waals surface area contributed by atoms with Gasteiger partial charge in [0.05, 0.1) is 26.7 Å². The van der Waals surface area contributed by atoms with E-state index in [1.54, 1.807) is 12.1 Å². The number of ether oxygens (including phenoxy) is 2. The van der Waals surface area contributed by atoms with Crippen molar-refractivity contribution in [3.05, 3.63) is 29.6 Å². The molecule has 0 saturated carbocycles. The van der Waals surface area contributed by atoms with Gasteiger partial charge in [-0.15, -0.1) is 0 Å². The number of benzene rings is 1. The van der Waals surface area contributed by atoms with E-state index in [2.05, 4.69) is 0 Å². The van der Waals surface area contributed by atoms with E-state index in [1.807, 2.05) is 4.90 Å². The Bertz CT molecular complexity index is 480. The first-order valence-electron chi connectivity index (χ1n) is 6.46. The van der Waals surface area contributed by atoms with Crippen molar-refractivity contribution in [2.24, 2.45) is 0 Å². The van der Waals surface area contributed by atoms with Crippen LogP contribution in [0.5, 0.6) is 5.75 Å². The van der Waals surface area contributed by atoms with Crippen LogP contribution in [0.15, 0.2) is 18.2 Å². The molecule has 110 valence electrons. The van der Waals surface area contributed by atoms with Gasteiger partial charge in [0, 0.05) is 19.1 Å². The monoisotopic (exact) mass is 283 g/mol. The van der Waals surface area contributed by atoms with E-state index in [-0.39, 0.29) is 18.2 Å². The topological polar surface area (TPSA) is 59.0 Å². The third-order valence-corrected chi connectivity index (χ3v) is 3.36. The molecule has 20 heavy (non-hydrogen) atoms. The summed E-state index contributed by atoms with van der Waals surface area (Å²) in [5.41, 5.74) is 0.792. The second-order valence-electron chi connectivity index (χ2n) is 4.77. The van der Waals surface area contributed by atoms with Crippen molar-refractivity contribution in [1.82, 2.24) is 4.90 Å². The number of carboxylic acid groups (broad SMARTS) is 1. The lowest BCUT2D eigenvalue weighted by Gasteiger charge is -2.34. The van der Waals surface area contributed by atoms with Gasteiger partial charge in [0.1, 0.15) is 0 Å². The number of carboxylic acids is 1. The van der Waals surface area contributed by atoms with Crippen LogP contribution >= 0.6 is 0 Å². The molecule has 1 aromatic carbocycles. The third kappa shape index (κ3) is 3.68.